The van der Waals surface area contributed by atoms with Gasteiger partial charge in [-0.05, 0) is 36.2 Å². The van der Waals surface area contributed by atoms with Crippen molar-refractivity contribution in [1.82, 2.24) is 10.3 Å². The molecule has 1 aliphatic rings. The molecule has 22 heavy (non-hydrogen) atoms. The van der Waals surface area contributed by atoms with Crippen molar-refractivity contribution in [1.29, 1.82) is 0 Å². The molecule has 0 spiro atoms. The molecule has 0 saturated heterocycles. The summed E-state index contributed by atoms with van der Waals surface area (Å²) in [7, 11) is 0. The Hall–Kier alpha value is -1.78. The predicted molar refractivity (Wildman–Crippen MR) is 89.1 cm³/mol. The first-order valence-electron chi connectivity index (χ1n) is 7.04. The van der Waals surface area contributed by atoms with Gasteiger partial charge in [0.05, 0.1) is 15.6 Å². The molecule has 0 aliphatic carbocycles. The Morgan fingerprint density at radius 2 is 2.09 bits per heavy atom. The third-order valence-electron chi connectivity index (χ3n) is 3.28. The summed E-state index contributed by atoms with van der Waals surface area (Å²) in [4.78, 5) is 8.79. The zero-order valence-corrected chi connectivity index (χ0v) is 13.4. The Morgan fingerprint density at radius 1 is 1.18 bits per heavy atom. The summed E-state index contributed by atoms with van der Waals surface area (Å²) in [5, 5.41) is 4.33. The third kappa shape index (κ3) is 3.51. The van der Waals surface area contributed by atoms with Gasteiger partial charge in [-0.2, -0.15) is 0 Å². The molecule has 1 aliphatic heterocycles. The number of halogens is 2. The largest absolute Gasteiger partial charge is 0.472 e. The SMILES string of the molecule is Clc1ccc(COc2ncccc2C2=NCCCN2)cc1Cl. The van der Waals surface area contributed by atoms with Gasteiger partial charge in [-0.3, -0.25) is 4.99 Å². The van der Waals surface area contributed by atoms with Crippen LogP contribution in [0.2, 0.25) is 10.0 Å². The van der Waals surface area contributed by atoms with Crippen LogP contribution in [-0.2, 0) is 6.61 Å². The van der Waals surface area contributed by atoms with E-state index < -0.39 is 0 Å². The van der Waals surface area contributed by atoms with Gasteiger partial charge in [0.15, 0.2) is 0 Å². The second kappa shape index (κ2) is 6.99. The standard InChI is InChI=1S/C16H15Cl2N3O/c17-13-5-4-11(9-14(13)18)10-22-16-12(3-1-6-21-16)15-19-7-2-8-20-15/h1,3-6,9H,2,7-8,10H2,(H,19,20). The number of aromatic nitrogens is 1. The molecule has 3 rings (SSSR count). The van der Waals surface area contributed by atoms with E-state index >= 15 is 0 Å². The van der Waals surface area contributed by atoms with Crippen molar-refractivity contribution in [2.24, 2.45) is 4.99 Å². The smallest absolute Gasteiger partial charge is 0.224 e. The van der Waals surface area contributed by atoms with E-state index in [0.29, 0.717) is 22.5 Å². The number of rotatable bonds is 4. The first-order chi connectivity index (χ1) is 10.7. The van der Waals surface area contributed by atoms with Gasteiger partial charge >= 0.3 is 0 Å². The molecule has 6 heteroatoms. The molecule has 1 N–H and O–H groups in total. The van der Waals surface area contributed by atoms with Crippen LogP contribution in [-0.4, -0.2) is 23.9 Å². The van der Waals surface area contributed by atoms with Crippen LogP contribution in [0, 0.1) is 0 Å². The summed E-state index contributed by atoms with van der Waals surface area (Å²) < 4.78 is 5.84. The zero-order valence-electron chi connectivity index (χ0n) is 11.9. The highest BCUT2D eigenvalue weighted by molar-refractivity contribution is 6.42. The minimum atomic E-state index is 0.369. The summed E-state index contributed by atoms with van der Waals surface area (Å²) in [6.45, 7) is 2.11. The Kier molecular flexibility index (Phi) is 4.80. The number of hydrogen-bond acceptors (Lipinski definition) is 4. The molecule has 2 aromatic rings. The van der Waals surface area contributed by atoms with Crippen LogP contribution >= 0.6 is 23.2 Å². The van der Waals surface area contributed by atoms with Crippen LogP contribution in [0.15, 0.2) is 41.5 Å². The molecule has 0 fully saturated rings. The van der Waals surface area contributed by atoms with Crippen molar-refractivity contribution in [2.45, 2.75) is 13.0 Å². The normalized spacial score (nSPS) is 14.2. The van der Waals surface area contributed by atoms with E-state index in [0.717, 1.165) is 36.5 Å². The summed E-state index contributed by atoms with van der Waals surface area (Å²) in [6, 6.07) is 9.26. The first kappa shape index (κ1) is 15.1. The molecule has 0 atom stereocenters. The van der Waals surface area contributed by atoms with E-state index in [4.69, 9.17) is 27.9 Å². The maximum absolute atomic E-state index is 6.02. The van der Waals surface area contributed by atoms with Crippen LogP contribution in [0.5, 0.6) is 5.88 Å². The van der Waals surface area contributed by atoms with Crippen molar-refractivity contribution >= 4 is 29.0 Å². The van der Waals surface area contributed by atoms with E-state index in [-0.39, 0.29) is 0 Å². The monoisotopic (exact) mass is 335 g/mol. The van der Waals surface area contributed by atoms with Gasteiger partial charge in [-0.25, -0.2) is 4.98 Å². The van der Waals surface area contributed by atoms with E-state index in [2.05, 4.69) is 15.3 Å². The molecule has 1 aromatic heterocycles. The third-order valence-corrected chi connectivity index (χ3v) is 4.02. The molecule has 114 valence electrons. The first-order valence-corrected chi connectivity index (χ1v) is 7.80. The van der Waals surface area contributed by atoms with Crippen molar-refractivity contribution < 1.29 is 4.74 Å². The van der Waals surface area contributed by atoms with Crippen molar-refractivity contribution in [2.75, 3.05) is 13.1 Å². The molecule has 4 nitrogen and oxygen atoms in total. The van der Waals surface area contributed by atoms with Crippen LogP contribution in [0.1, 0.15) is 17.5 Å². The number of amidine groups is 1. The van der Waals surface area contributed by atoms with Crippen molar-refractivity contribution in [3.63, 3.8) is 0 Å². The molecular weight excluding hydrogens is 321 g/mol. The topological polar surface area (TPSA) is 46.5 Å². The molecule has 2 heterocycles. The van der Waals surface area contributed by atoms with E-state index in [1.807, 2.05) is 18.2 Å². The molecule has 0 radical (unpaired) electrons. The van der Waals surface area contributed by atoms with Gasteiger partial charge < -0.3 is 10.1 Å². The number of benzene rings is 1. The lowest BCUT2D eigenvalue weighted by atomic mass is 10.2. The lowest BCUT2D eigenvalue weighted by Gasteiger charge is -2.17. The van der Waals surface area contributed by atoms with Crippen molar-refractivity contribution in [3.8, 4) is 5.88 Å². The molecule has 0 bridgehead atoms. The van der Waals surface area contributed by atoms with Crippen LogP contribution < -0.4 is 10.1 Å². The molecule has 0 amide bonds. The minimum Gasteiger partial charge on any atom is -0.472 e. The summed E-state index contributed by atoms with van der Waals surface area (Å²) >= 11 is 11.9. The molecule has 0 saturated carbocycles. The number of hydrogen-bond donors (Lipinski definition) is 1. The average Bonchev–Trinajstić information content (AvgIpc) is 2.57. The second-order valence-corrected chi connectivity index (χ2v) is 5.72. The Morgan fingerprint density at radius 3 is 2.86 bits per heavy atom. The number of nitrogens with one attached hydrogen (secondary N) is 1. The maximum atomic E-state index is 6.02. The van der Waals surface area contributed by atoms with Gasteiger partial charge in [0.1, 0.15) is 12.4 Å². The fourth-order valence-corrected chi connectivity index (χ4v) is 2.50. The second-order valence-electron chi connectivity index (χ2n) is 4.90. The van der Waals surface area contributed by atoms with Gasteiger partial charge in [0.25, 0.3) is 0 Å². The number of ether oxygens (including phenoxy) is 1. The molecule has 0 unspecified atom stereocenters. The fourth-order valence-electron chi connectivity index (χ4n) is 2.18. The number of nitrogens with zero attached hydrogens (tertiary/aromatic N) is 2. The summed E-state index contributed by atoms with van der Waals surface area (Å²) in [6.07, 6.45) is 2.75. The lowest BCUT2D eigenvalue weighted by Crippen LogP contribution is -2.30. The predicted octanol–water partition coefficient (Wildman–Crippen LogP) is 3.71. The van der Waals surface area contributed by atoms with Gasteiger partial charge in [0.2, 0.25) is 5.88 Å². The number of pyridine rings is 1. The van der Waals surface area contributed by atoms with E-state index in [1.165, 1.54) is 0 Å². The van der Waals surface area contributed by atoms with Crippen LogP contribution in [0.4, 0.5) is 0 Å². The quantitative estimate of drug-likeness (QED) is 0.926. The Balaban J connectivity index is 1.77. The lowest BCUT2D eigenvalue weighted by molar-refractivity contribution is 0.293. The number of aliphatic imine (C=N–C) groups is 1. The zero-order chi connectivity index (χ0) is 15.4. The molecular formula is C16H15Cl2N3O. The van der Waals surface area contributed by atoms with E-state index in [1.54, 1.807) is 18.3 Å². The van der Waals surface area contributed by atoms with Gasteiger partial charge in [-0.1, -0.05) is 29.3 Å². The molecule has 1 aromatic carbocycles. The maximum Gasteiger partial charge on any atom is 0.224 e. The van der Waals surface area contributed by atoms with Crippen LogP contribution in [0.3, 0.4) is 0 Å². The van der Waals surface area contributed by atoms with Gasteiger partial charge in [0, 0.05) is 19.3 Å². The highest BCUT2D eigenvalue weighted by Crippen LogP contribution is 2.24. The average molecular weight is 336 g/mol. The van der Waals surface area contributed by atoms with Gasteiger partial charge in [-0.15, -0.1) is 0 Å². The fraction of sp³-hybridized carbons (Fsp3) is 0.250. The van der Waals surface area contributed by atoms with Crippen LogP contribution in [0.25, 0.3) is 0 Å². The Bertz CT molecular complexity index is 704. The summed E-state index contributed by atoms with van der Waals surface area (Å²) in [5.41, 5.74) is 1.81. The minimum absolute atomic E-state index is 0.369. The highest BCUT2D eigenvalue weighted by Gasteiger charge is 2.13. The van der Waals surface area contributed by atoms with E-state index in [9.17, 15) is 0 Å². The highest BCUT2D eigenvalue weighted by atomic mass is 35.5. The summed E-state index contributed by atoms with van der Waals surface area (Å²) in [5.74, 6) is 1.39. The Labute approximate surface area is 139 Å². The van der Waals surface area contributed by atoms with Crippen molar-refractivity contribution in [3.05, 3.63) is 57.7 Å².